The van der Waals surface area contributed by atoms with Crippen LogP contribution < -0.4 is 0 Å². The van der Waals surface area contributed by atoms with Gasteiger partial charge in [0.2, 0.25) is 0 Å². The molecule has 0 saturated carbocycles. The Morgan fingerprint density at radius 1 is 1.26 bits per heavy atom. The molecule has 1 aliphatic heterocycles. The van der Waals surface area contributed by atoms with E-state index in [-0.39, 0.29) is 17.5 Å². The first-order chi connectivity index (χ1) is 9.08. The topological polar surface area (TPSA) is 62.0 Å². The minimum absolute atomic E-state index is 0.155. The fourth-order valence-electron chi connectivity index (χ4n) is 2.20. The molecule has 4 heteroatoms. The van der Waals surface area contributed by atoms with Gasteiger partial charge in [0.05, 0.1) is 0 Å². The number of nitrogens with zero attached hydrogens (tertiary/aromatic N) is 2. The van der Waals surface area contributed by atoms with Gasteiger partial charge >= 0.3 is 5.97 Å². The van der Waals surface area contributed by atoms with Gasteiger partial charge < -0.3 is 5.11 Å². The summed E-state index contributed by atoms with van der Waals surface area (Å²) in [5.41, 5.74) is 2.28. The van der Waals surface area contributed by atoms with E-state index in [0.29, 0.717) is 6.42 Å². The zero-order chi connectivity index (χ0) is 13.8. The van der Waals surface area contributed by atoms with Crippen LogP contribution in [0.5, 0.6) is 0 Å². The predicted octanol–water partition coefficient (Wildman–Crippen LogP) is 2.79. The lowest BCUT2D eigenvalue weighted by atomic mass is 9.85. The summed E-state index contributed by atoms with van der Waals surface area (Å²) < 4.78 is 0. The van der Waals surface area contributed by atoms with Gasteiger partial charge in [0.15, 0.2) is 0 Å². The van der Waals surface area contributed by atoms with Gasteiger partial charge in [-0.2, -0.15) is 5.10 Å². The van der Waals surface area contributed by atoms with Crippen LogP contribution in [0, 0.1) is 11.8 Å². The Morgan fingerprint density at radius 2 is 1.95 bits per heavy atom. The van der Waals surface area contributed by atoms with Gasteiger partial charge in [-0.05, 0) is 17.4 Å². The number of benzene rings is 1. The van der Waals surface area contributed by atoms with E-state index in [1.807, 2.05) is 30.3 Å². The summed E-state index contributed by atoms with van der Waals surface area (Å²) >= 11 is 0. The Balaban J connectivity index is 2.24. The Morgan fingerprint density at radius 3 is 2.58 bits per heavy atom. The van der Waals surface area contributed by atoms with E-state index in [1.165, 1.54) is 5.56 Å². The number of aliphatic carboxylic acids is 1. The second kappa shape index (κ2) is 5.78. The molecule has 0 aromatic heterocycles. The second-order valence-electron chi connectivity index (χ2n) is 5.08. The van der Waals surface area contributed by atoms with Crippen LogP contribution in [0.3, 0.4) is 0 Å². The second-order valence-corrected chi connectivity index (χ2v) is 5.08. The average Bonchev–Trinajstić information content (AvgIpc) is 2.53. The summed E-state index contributed by atoms with van der Waals surface area (Å²) in [5, 5.41) is 17.1. The molecule has 4 nitrogen and oxygen atoms in total. The molecular weight excluding hydrogens is 240 g/mol. The molecular formula is C15H18N2O2. The first-order valence-corrected chi connectivity index (χ1v) is 6.48. The summed E-state index contributed by atoms with van der Waals surface area (Å²) in [6.45, 7) is 4.14. The first kappa shape index (κ1) is 13.5. The minimum atomic E-state index is -0.969. The summed E-state index contributed by atoms with van der Waals surface area (Å²) in [5.74, 6) is -0.496. The van der Waals surface area contributed by atoms with E-state index in [2.05, 4.69) is 24.1 Å². The monoisotopic (exact) mass is 258 g/mol. The zero-order valence-corrected chi connectivity index (χ0v) is 11.2. The zero-order valence-electron chi connectivity index (χ0n) is 11.2. The van der Waals surface area contributed by atoms with Gasteiger partial charge in [0.25, 0.3) is 0 Å². The van der Waals surface area contributed by atoms with Crippen molar-refractivity contribution in [3.8, 4) is 0 Å². The molecule has 1 aromatic rings. The minimum Gasteiger partial charge on any atom is -0.477 e. The molecule has 0 fully saturated rings. The number of rotatable bonds is 3. The highest BCUT2D eigenvalue weighted by Crippen LogP contribution is 2.22. The maximum atomic E-state index is 11.0. The highest BCUT2D eigenvalue weighted by Gasteiger charge is 2.25. The normalized spacial score (nSPS) is 23.3. The van der Waals surface area contributed by atoms with E-state index in [1.54, 1.807) is 0 Å². The average molecular weight is 258 g/mol. The molecule has 1 aliphatic rings. The maximum absolute atomic E-state index is 11.0. The lowest BCUT2D eigenvalue weighted by Gasteiger charge is -2.18. The summed E-state index contributed by atoms with van der Waals surface area (Å²) in [7, 11) is 0. The van der Waals surface area contributed by atoms with Crippen LogP contribution in [0.25, 0.3) is 0 Å². The van der Waals surface area contributed by atoms with Crippen molar-refractivity contribution in [2.75, 3.05) is 0 Å². The third-order valence-corrected chi connectivity index (χ3v) is 3.67. The highest BCUT2D eigenvalue weighted by atomic mass is 16.4. The molecule has 0 saturated heterocycles. The van der Waals surface area contributed by atoms with Crippen LogP contribution in [0.4, 0.5) is 0 Å². The van der Waals surface area contributed by atoms with Crippen LogP contribution in [0.1, 0.15) is 25.8 Å². The van der Waals surface area contributed by atoms with Gasteiger partial charge in [0.1, 0.15) is 5.71 Å². The molecule has 0 aliphatic carbocycles. The van der Waals surface area contributed by atoms with E-state index >= 15 is 0 Å². The van der Waals surface area contributed by atoms with Crippen LogP contribution in [0.15, 0.2) is 40.5 Å². The fraction of sp³-hybridized carbons (Fsp3) is 0.400. The number of carboxylic acid groups (broad SMARTS) is 1. The number of carbonyl (C=O) groups is 1. The maximum Gasteiger partial charge on any atom is 0.352 e. The summed E-state index contributed by atoms with van der Waals surface area (Å²) in [6, 6.07) is 10.1. The lowest BCUT2D eigenvalue weighted by Crippen LogP contribution is -2.23. The Bertz CT molecular complexity index is 520. The van der Waals surface area contributed by atoms with Crippen molar-refractivity contribution in [1.82, 2.24) is 0 Å². The molecule has 0 bridgehead atoms. The molecule has 1 aromatic carbocycles. The van der Waals surface area contributed by atoms with Crippen molar-refractivity contribution in [2.45, 2.75) is 26.7 Å². The molecule has 2 rings (SSSR count). The van der Waals surface area contributed by atoms with Crippen molar-refractivity contribution < 1.29 is 9.90 Å². The van der Waals surface area contributed by atoms with Crippen molar-refractivity contribution in [2.24, 2.45) is 22.0 Å². The number of carboxylic acids is 1. The van der Waals surface area contributed by atoms with Crippen LogP contribution in [0.2, 0.25) is 0 Å². The summed E-state index contributed by atoms with van der Waals surface area (Å²) in [4.78, 5) is 11.0. The van der Waals surface area contributed by atoms with Crippen molar-refractivity contribution in [3.05, 3.63) is 35.9 Å². The Kier molecular flexibility index (Phi) is 4.10. The third kappa shape index (κ3) is 3.28. The van der Waals surface area contributed by atoms with E-state index in [0.717, 1.165) is 12.1 Å². The van der Waals surface area contributed by atoms with Crippen LogP contribution >= 0.6 is 0 Å². The molecule has 1 heterocycles. The molecule has 1 N–H and O–H groups in total. The lowest BCUT2D eigenvalue weighted by molar-refractivity contribution is -0.129. The molecule has 0 amide bonds. The molecule has 1 unspecified atom stereocenters. The van der Waals surface area contributed by atoms with E-state index in [4.69, 9.17) is 5.11 Å². The SMILES string of the molecule is CC1C(Cc2ccccc2)=NN=C(C(=O)O)C[C@H]1C. The van der Waals surface area contributed by atoms with Gasteiger partial charge in [-0.15, -0.1) is 5.10 Å². The van der Waals surface area contributed by atoms with Crippen LogP contribution in [-0.2, 0) is 11.2 Å². The molecule has 100 valence electrons. The number of hydrogen-bond acceptors (Lipinski definition) is 3. The molecule has 2 atom stereocenters. The molecule has 19 heavy (non-hydrogen) atoms. The van der Waals surface area contributed by atoms with Crippen molar-refractivity contribution in [3.63, 3.8) is 0 Å². The van der Waals surface area contributed by atoms with E-state index < -0.39 is 5.97 Å². The third-order valence-electron chi connectivity index (χ3n) is 3.67. The number of hydrogen-bond donors (Lipinski definition) is 1. The Labute approximate surface area is 112 Å². The molecule has 0 spiro atoms. The van der Waals surface area contributed by atoms with Gasteiger partial charge in [0, 0.05) is 18.6 Å². The van der Waals surface area contributed by atoms with E-state index in [9.17, 15) is 4.79 Å². The van der Waals surface area contributed by atoms with Gasteiger partial charge in [-0.1, -0.05) is 44.2 Å². The smallest absolute Gasteiger partial charge is 0.352 e. The highest BCUT2D eigenvalue weighted by molar-refractivity contribution is 6.35. The summed E-state index contributed by atoms with van der Waals surface area (Å²) in [6.07, 6.45) is 1.20. The Hall–Kier alpha value is -1.97. The predicted molar refractivity (Wildman–Crippen MR) is 75.6 cm³/mol. The molecule has 0 radical (unpaired) electrons. The quantitative estimate of drug-likeness (QED) is 0.906. The fourth-order valence-corrected chi connectivity index (χ4v) is 2.20. The largest absolute Gasteiger partial charge is 0.477 e. The van der Waals surface area contributed by atoms with Gasteiger partial charge in [-0.25, -0.2) is 4.79 Å². The van der Waals surface area contributed by atoms with Crippen LogP contribution in [-0.4, -0.2) is 22.5 Å². The standard InChI is InChI=1S/C15H18N2O2/c1-10-8-14(15(18)19)17-16-13(11(10)2)9-12-6-4-3-5-7-12/h3-7,10-11H,8-9H2,1-2H3,(H,18,19)/t10-,11?/m1/s1. The van der Waals surface area contributed by atoms with Crippen molar-refractivity contribution in [1.29, 1.82) is 0 Å². The van der Waals surface area contributed by atoms with Gasteiger partial charge in [-0.3, -0.25) is 0 Å². The first-order valence-electron chi connectivity index (χ1n) is 6.48. The van der Waals surface area contributed by atoms with Crippen molar-refractivity contribution >= 4 is 17.4 Å².